The van der Waals surface area contributed by atoms with E-state index in [0.717, 1.165) is 0 Å². The summed E-state index contributed by atoms with van der Waals surface area (Å²) in [6.45, 7) is 2.03. The molecule has 0 radical (unpaired) electrons. The van der Waals surface area contributed by atoms with Crippen molar-refractivity contribution in [1.82, 2.24) is 10.2 Å². The maximum absolute atomic E-state index is 10.8. The molecule has 0 fully saturated rings. The van der Waals surface area contributed by atoms with Gasteiger partial charge in [0.05, 0.1) is 4.92 Å². The molecule has 0 unspecified atom stereocenters. The Bertz CT molecular complexity index is 567. The van der Waals surface area contributed by atoms with Crippen molar-refractivity contribution in [3.8, 4) is 10.6 Å². The Morgan fingerprint density at radius 2 is 2.24 bits per heavy atom. The lowest BCUT2D eigenvalue weighted by molar-refractivity contribution is -0.385. The number of nitro groups is 1. The van der Waals surface area contributed by atoms with E-state index in [9.17, 15) is 10.1 Å². The lowest BCUT2D eigenvalue weighted by Crippen LogP contribution is -1.94. The van der Waals surface area contributed by atoms with Gasteiger partial charge in [-0.2, -0.15) is 0 Å². The zero-order valence-corrected chi connectivity index (χ0v) is 9.90. The summed E-state index contributed by atoms with van der Waals surface area (Å²) in [5.41, 5.74) is 6.85. The van der Waals surface area contributed by atoms with Crippen LogP contribution in [-0.2, 0) is 6.54 Å². The predicted molar refractivity (Wildman–Crippen MR) is 64.6 cm³/mol. The van der Waals surface area contributed by atoms with Gasteiger partial charge < -0.3 is 5.73 Å². The second kappa shape index (κ2) is 4.56. The van der Waals surface area contributed by atoms with Crippen LogP contribution in [0.15, 0.2) is 18.2 Å². The monoisotopic (exact) mass is 250 g/mol. The Hall–Kier alpha value is -1.86. The highest BCUT2D eigenvalue weighted by Gasteiger charge is 2.14. The predicted octanol–water partition coefficient (Wildman–Crippen LogP) is 1.88. The molecule has 88 valence electrons. The van der Waals surface area contributed by atoms with Crippen LogP contribution in [-0.4, -0.2) is 15.1 Å². The van der Waals surface area contributed by atoms with Crippen LogP contribution in [0.3, 0.4) is 0 Å². The van der Waals surface area contributed by atoms with Gasteiger partial charge in [0, 0.05) is 23.7 Å². The standard InChI is InChI=1S/C10H10N4O2S/c1-6-2-3-7(4-8(6)14(15)16)10-13-12-9(5-11)17-10/h2-4H,5,11H2,1H3. The summed E-state index contributed by atoms with van der Waals surface area (Å²) >= 11 is 1.34. The van der Waals surface area contributed by atoms with Crippen LogP contribution < -0.4 is 5.73 Å². The van der Waals surface area contributed by atoms with Gasteiger partial charge >= 0.3 is 0 Å². The van der Waals surface area contributed by atoms with Gasteiger partial charge in [0.1, 0.15) is 10.0 Å². The van der Waals surface area contributed by atoms with Crippen LogP contribution in [0.4, 0.5) is 5.69 Å². The smallest absolute Gasteiger partial charge is 0.273 e. The van der Waals surface area contributed by atoms with Crippen molar-refractivity contribution in [2.24, 2.45) is 5.73 Å². The average molecular weight is 250 g/mol. The van der Waals surface area contributed by atoms with Crippen molar-refractivity contribution < 1.29 is 4.92 Å². The number of nitrogens with two attached hydrogens (primary N) is 1. The Morgan fingerprint density at radius 1 is 1.47 bits per heavy atom. The van der Waals surface area contributed by atoms with Crippen LogP contribution in [0.5, 0.6) is 0 Å². The maximum Gasteiger partial charge on any atom is 0.273 e. The van der Waals surface area contributed by atoms with Crippen LogP contribution in [0.25, 0.3) is 10.6 Å². The van der Waals surface area contributed by atoms with Crippen molar-refractivity contribution in [1.29, 1.82) is 0 Å². The molecule has 0 aliphatic carbocycles. The van der Waals surface area contributed by atoms with Gasteiger partial charge in [-0.3, -0.25) is 10.1 Å². The van der Waals surface area contributed by atoms with E-state index in [2.05, 4.69) is 10.2 Å². The maximum atomic E-state index is 10.8. The van der Waals surface area contributed by atoms with Crippen molar-refractivity contribution in [3.05, 3.63) is 38.9 Å². The molecule has 0 atom stereocenters. The molecule has 0 amide bonds. The van der Waals surface area contributed by atoms with Crippen molar-refractivity contribution in [2.75, 3.05) is 0 Å². The third kappa shape index (κ3) is 2.29. The third-order valence-electron chi connectivity index (χ3n) is 2.29. The first kappa shape index (κ1) is 11.6. The third-order valence-corrected chi connectivity index (χ3v) is 3.29. The zero-order chi connectivity index (χ0) is 12.4. The van der Waals surface area contributed by atoms with E-state index in [1.54, 1.807) is 19.1 Å². The number of hydrogen-bond donors (Lipinski definition) is 1. The van der Waals surface area contributed by atoms with Crippen LogP contribution in [0.2, 0.25) is 0 Å². The molecule has 0 bridgehead atoms. The summed E-state index contributed by atoms with van der Waals surface area (Å²) in [5.74, 6) is 0. The summed E-state index contributed by atoms with van der Waals surface area (Å²) in [7, 11) is 0. The van der Waals surface area contributed by atoms with E-state index in [4.69, 9.17) is 5.73 Å². The molecule has 0 saturated heterocycles. The van der Waals surface area contributed by atoms with Crippen LogP contribution >= 0.6 is 11.3 Å². The molecule has 17 heavy (non-hydrogen) atoms. The largest absolute Gasteiger partial charge is 0.324 e. The fraction of sp³-hybridized carbons (Fsp3) is 0.200. The molecular formula is C10H10N4O2S. The average Bonchev–Trinajstić information content (AvgIpc) is 2.78. The second-order valence-corrected chi connectivity index (χ2v) is 4.53. The van der Waals surface area contributed by atoms with E-state index in [-0.39, 0.29) is 5.69 Å². The molecule has 0 spiro atoms. The van der Waals surface area contributed by atoms with Gasteiger partial charge in [-0.25, -0.2) is 0 Å². The number of rotatable bonds is 3. The molecule has 7 heteroatoms. The highest BCUT2D eigenvalue weighted by molar-refractivity contribution is 7.14. The van der Waals surface area contributed by atoms with Gasteiger partial charge in [0.2, 0.25) is 0 Å². The number of nitrogens with zero attached hydrogens (tertiary/aromatic N) is 3. The number of nitro benzene ring substituents is 1. The highest BCUT2D eigenvalue weighted by atomic mass is 32.1. The Labute approximate surface area is 101 Å². The Kier molecular flexibility index (Phi) is 3.12. The summed E-state index contributed by atoms with van der Waals surface area (Å²) in [4.78, 5) is 10.4. The molecule has 2 N–H and O–H groups in total. The zero-order valence-electron chi connectivity index (χ0n) is 9.08. The van der Waals surface area contributed by atoms with E-state index < -0.39 is 4.92 Å². The van der Waals surface area contributed by atoms with E-state index >= 15 is 0 Å². The second-order valence-electron chi connectivity index (χ2n) is 3.46. The summed E-state index contributed by atoms with van der Waals surface area (Å²) in [6, 6.07) is 5.01. The summed E-state index contributed by atoms with van der Waals surface area (Å²) in [6.07, 6.45) is 0. The SMILES string of the molecule is Cc1ccc(-c2nnc(CN)s2)cc1[N+](=O)[O-]. The minimum atomic E-state index is -0.399. The molecule has 0 aliphatic heterocycles. The molecule has 2 rings (SSSR count). The van der Waals surface area contributed by atoms with Gasteiger partial charge in [-0.05, 0) is 6.92 Å². The quantitative estimate of drug-likeness (QED) is 0.662. The molecule has 1 aromatic carbocycles. The number of hydrogen-bond acceptors (Lipinski definition) is 6. The first-order chi connectivity index (χ1) is 8.11. The van der Waals surface area contributed by atoms with E-state index in [0.29, 0.717) is 27.7 Å². The highest BCUT2D eigenvalue weighted by Crippen LogP contribution is 2.28. The van der Waals surface area contributed by atoms with E-state index in [1.807, 2.05) is 0 Å². The van der Waals surface area contributed by atoms with Gasteiger partial charge in [0.25, 0.3) is 5.69 Å². The summed E-state index contributed by atoms with van der Waals surface area (Å²) in [5, 5.41) is 20.0. The minimum absolute atomic E-state index is 0.0898. The molecule has 0 saturated carbocycles. The molecule has 1 heterocycles. The van der Waals surface area contributed by atoms with Gasteiger partial charge in [0.15, 0.2) is 0 Å². The first-order valence-electron chi connectivity index (χ1n) is 4.89. The van der Waals surface area contributed by atoms with Gasteiger partial charge in [-0.15, -0.1) is 10.2 Å². The van der Waals surface area contributed by atoms with Crippen molar-refractivity contribution in [2.45, 2.75) is 13.5 Å². The van der Waals surface area contributed by atoms with E-state index in [1.165, 1.54) is 17.4 Å². The topological polar surface area (TPSA) is 94.9 Å². The molecule has 1 aromatic heterocycles. The lowest BCUT2D eigenvalue weighted by atomic mass is 10.1. The van der Waals surface area contributed by atoms with Crippen molar-refractivity contribution >= 4 is 17.0 Å². The normalized spacial score (nSPS) is 10.5. The Balaban J connectivity index is 2.46. The molecular weight excluding hydrogens is 240 g/mol. The van der Waals surface area contributed by atoms with Crippen molar-refractivity contribution in [3.63, 3.8) is 0 Å². The van der Waals surface area contributed by atoms with Gasteiger partial charge in [-0.1, -0.05) is 23.5 Å². The lowest BCUT2D eigenvalue weighted by Gasteiger charge is -1.99. The molecule has 0 aliphatic rings. The number of aromatic nitrogens is 2. The Morgan fingerprint density at radius 3 is 2.82 bits per heavy atom. The van der Waals surface area contributed by atoms with Crippen LogP contribution in [0.1, 0.15) is 10.6 Å². The fourth-order valence-electron chi connectivity index (χ4n) is 1.39. The molecule has 6 nitrogen and oxygen atoms in total. The van der Waals surface area contributed by atoms with Crippen LogP contribution in [0, 0.1) is 17.0 Å². The fourth-order valence-corrected chi connectivity index (χ4v) is 2.11. The molecule has 2 aromatic rings. The number of benzene rings is 1. The first-order valence-corrected chi connectivity index (χ1v) is 5.71. The number of aryl methyl sites for hydroxylation is 1. The minimum Gasteiger partial charge on any atom is -0.324 e. The summed E-state index contributed by atoms with van der Waals surface area (Å²) < 4.78 is 0.